The molecular formula is C21H22FN3O3S. The number of hydrogen-bond donors (Lipinski definition) is 0. The van der Waals surface area contributed by atoms with Gasteiger partial charge in [-0.15, -0.1) is 0 Å². The van der Waals surface area contributed by atoms with Crippen molar-refractivity contribution >= 4 is 10.0 Å². The predicted molar refractivity (Wildman–Crippen MR) is 105 cm³/mol. The molecule has 2 atom stereocenters. The van der Waals surface area contributed by atoms with Crippen molar-refractivity contribution in [2.45, 2.75) is 42.8 Å². The number of alkyl halides is 1. The van der Waals surface area contributed by atoms with Crippen molar-refractivity contribution in [2.75, 3.05) is 6.54 Å². The van der Waals surface area contributed by atoms with Crippen LogP contribution in [0, 0.1) is 0 Å². The first-order chi connectivity index (χ1) is 14.0. The summed E-state index contributed by atoms with van der Waals surface area (Å²) in [4.78, 5) is 4.49. The Balaban J connectivity index is 1.47. The van der Waals surface area contributed by atoms with E-state index in [0.717, 1.165) is 17.1 Å². The lowest BCUT2D eigenvalue weighted by molar-refractivity contribution is 0.289. The van der Waals surface area contributed by atoms with Gasteiger partial charge in [0.05, 0.1) is 4.90 Å². The number of halogens is 1. The molecule has 152 valence electrons. The van der Waals surface area contributed by atoms with E-state index in [4.69, 9.17) is 4.52 Å². The fraction of sp³-hybridized carbons (Fsp3) is 0.333. The normalized spacial score (nSPS) is 20.2. The maximum atomic E-state index is 14.2. The Bertz CT molecular complexity index is 1040. The molecule has 1 fully saturated rings. The molecule has 29 heavy (non-hydrogen) atoms. The maximum Gasteiger partial charge on any atom is 0.245 e. The summed E-state index contributed by atoms with van der Waals surface area (Å²) in [6.45, 7) is -0.215. The molecule has 0 amide bonds. The van der Waals surface area contributed by atoms with Gasteiger partial charge in [0.25, 0.3) is 0 Å². The van der Waals surface area contributed by atoms with Gasteiger partial charge in [-0.25, -0.2) is 12.8 Å². The van der Waals surface area contributed by atoms with Crippen molar-refractivity contribution in [1.29, 1.82) is 0 Å². The van der Waals surface area contributed by atoms with Gasteiger partial charge in [-0.1, -0.05) is 53.7 Å². The lowest BCUT2D eigenvalue weighted by atomic mass is 10.1. The lowest BCUT2D eigenvalue weighted by Crippen LogP contribution is -2.31. The number of nitrogens with zero attached hydrogens (tertiary/aromatic N) is 3. The number of rotatable bonds is 7. The minimum Gasteiger partial charge on any atom is -0.338 e. The molecular weight excluding hydrogens is 393 g/mol. The lowest BCUT2D eigenvalue weighted by Gasteiger charge is -2.20. The summed E-state index contributed by atoms with van der Waals surface area (Å²) in [6, 6.07) is 17.3. The molecule has 0 spiro atoms. The average molecular weight is 415 g/mol. The summed E-state index contributed by atoms with van der Waals surface area (Å²) < 4.78 is 46.6. The molecule has 4 rings (SSSR count). The molecule has 2 aromatic carbocycles. The molecule has 6 nitrogen and oxygen atoms in total. The van der Waals surface area contributed by atoms with Gasteiger partial charge in [-0.3, -0.25) is 0 Å². The van der Waals surface area contributed by atoms with Gasteiger partial charge >= 0.3 is 0 Å². The Morgan fingerprint density at radius 3 is 2.45 bits per heavy atom. The van der Waals surface area contributed by atoms with Crippen LogP contribution in [-0.2, 0) is 22.9 Å². The second kappa shape index (κ2) is 8.42. The highest BCUT2D eigenvalue weighted by atomic mass is 32.2. The quantitative estimate of drug-likeness (QED) is 0.588. The molecule has 0 unspecified atom stereocenters. The van der Waals surface area contributed by atoms with Gasteiger partial charge in [0, 0.05) is 19.4 Å². The first-order valence-corrected chi connectivity index (χ1v) is 11.1. The largest absolute Gasteiger partial charge is 0.338 e. The molecule has 1 aromatic heterocycles. The topological polar surface area (TPSA) is 76.3 Å². The molecule has 0 aliphatic carbocycles. The van der Waals surface area contributed by atoms with Crippen molar-refractivity contribution in [3.8, 4) is 0 Å². The van der Waals surface area contributed by atoms with E-state index in [9.17, 15) is 12.8 Å². The molecule has 3 aromatic rings. The highest BCUT2D eigenvalue weighted by Gasteiger charge is 2.44. The molecule has 0 saturated carbocycles. The number of hydrogen-bond acceptors (Lipinski definition) is 5. The number of aromatic nitrogens is 2. The Morgan fingerprint density at radius 2 is 1.72 bits per heavy atom. The smallest absolute Gasteiger partial charge is 0.245 e. The molecule has 1 aliphatic heterocycles. The zero-order valence-electron chi connectivity index (χ0n) is 15.8. The van der Waals surface area contributed by atoms with Crippen LogP contribution in [0.3, 0.4) is 0 Å². The van der Waals surface area contributed by atoms with E-state index in [1.165, 1.54) is 17.7 Å². The third-order valence-electron chi connectivity index (χ3n) is 5.03. The summed E-state index contributed by atoms with van der Waals surface area (Å²) >= 11 is 0. The highest BCUT2D eigenvalue weighted by molar-refractivity contribution is 7.89. The van der Waals surface area contributed by atoms with Crippen molar-refractivity contribution in [2.24, 2.45) is 0 Å². The van der Waals surface area contributed by atoms with Crippen LogP contribution in [0.2, 0.25) is 0 Å². The standard InChI is InChI=1S/C21H22FN3O3S/c22-17-14-19(25(15-17)29(26,27)18-11-5-2-6-12-18)21-23-20(24-28-21)13-7-10-16-8-3-1-4-9-16/h1-6,8-9,11-12,17,19H,7,10,13-15H2/t17-,19+/m1/s1. The second-order valence-corrected chi connectivity index (χ2v) is 9.02. The molecule has 0 radical (unpaired) electrons. The van der Waals surface area contributed by atoms with E-state index in [0.29, 0.717) is 12.2 Å². The summed E-state index contributed by atoms with van der Waals surface area (Å²) in [7, 11) is -3.85. The van der Waals surface area contributed by atoms with E-state index < -0.39 is 22.2 Å². The summed E-state index contributed by atoms with van der Waals surface area (Å²) in [6.07, 6.45) is 1.07. The van der Waals surface area contributed by atoms with E-state index in [-0.39, 0.29) is 23.8 Å². The first-order valence-electron chi connectivity index (χ1n) is 9.61. The van der Waals surface area contributed by atoms with Crippen molar-refractivity contribution in [3.63, 3.8) is 0 Å². The molecule has 0 N–H and O–H groups in total. The van der Waals surface area contributed by atoms with Crippen molar-refractivity contribution in [3.05, 3.63) is 77.9 Å². The van der Waals surface area contributed by atoms with Crippen LogP contribution >= 0.6 is 0 Å². The zero-order valence-corrected chi connectivity index (χ0v) is 16.6. The van der Waals surface area contributed by atoms with Gasteiger partial charge in [0.2, 0.25) is 15.9 Å². The molecule has 2 heterocycles. The van der Waals surface area contributed by atoms with Crippen LogP contribution in [0.4, 0.5) is 4.39 Å². The van der Waals surface area contributed by atoms with Crippen LogP contribution < -0.4 is 0 Å². The van der Waals surface area contributed by atoms with Gasteiger partial charge in [-0.2, -0.15) is 9.29 Å². The highest BCUT2D eigenvalue weighted by Crippen LogP contribution is 2.37. The third kappa shape index (κ3) is 4.38. The molecule has 8 heteroatoms. The van der Waals surface area contributed by atoms with Gasteiger partial charge in [-0.05, 0) is 30.5 Å². The maximum absolute atomic E-state index is 14.2. The first kappa shape index (κ1) is 19.7. The van der Waals surface area contributed by atoms with Crippen LogP contribution in [0.1, 0.15) is 36.2 Å². The minimum atomic E-state index is -3.85. The van der Waals surface area contributed by atoms with Crippen molar-refractivity contribution in [1.82, 2.24) is 14.4 Å². The van der Waals surface area contributed by atoms with E-state index in [2.05, 4.69) is 22.3 Å². The second-order valence-electron chi connectivity index (χ2n) is 7.12. The Morgan fingerprint density at radius 1 is 1.03 bits per heavy atom. The molecule has 1 aliphatic rings. The van der Waals surface area contributed by atoms with Gasteiger partial charge in [0.15, 0.2) is 5.82 Å². The molecule has 1 saturated heterocycles. The van der Waals surface area contributed by atoms with E-state index in [1.54, 1.807) is 18.2 Å². The summed E-state index contributed by atoms with van der Waals surface area (Å²) in [5.74, 6) is 0.662. The Hall–Kier alpha value is -2.58. The average Bonchev–Trinajstić information content (AvgIpc) is 3.36. The van der Waals surface area contributed by atoms with Crippen LogP contribution in [0.25, 0.3) is 0 Å². The van der Waals surface area contributed by atoms with Gasteiger partial charge < -0.3 is 4.52 Å². The third-order valence-corrected chi connectivity index (χ3v) is 6.92. The van der Waals surface area contributed by atoms with Crippen LogP contribution in [0.15, 0.2) is 70.1 Å². The number of benzene rings is 2. The predicted octanol–water partition coefficient (Wildman–Crippen LogP) is 3.72. The summed E-state index contributed by atoms with van der Waals surface area (Å²) in [5.41, 5.74) is 1.23. The fourth-order valence-electron chi connectivity index (χ4n) is 3.57. The Labute approximate surface area is 169 Å². The van der Waals surface area contributed by atoms with E-state index >= 15 is 0 Å². The Kier molecular flexibility index (Phi) is 5.73. The van der Waals surface area contributed by atoms with Gasteiger partial charge in [0.1, 0.15) is 12.2 Å². The minimum absolute atomic E-state index is 0.0116. The fourth-order valence-corrected chi connectivity index (χ4v) is 5.22. The van der Waals surface area contributed by atoms with Crippen LogP contribution in [0.5, 0.6) is 0 Å². The van der Waals surface area contributed by atoms with Crippen molar-refractivity contribution < 1.29 is 17.3 Å². The molecule has 0 bridgehead atoms. The zero-order chi connectivity index (χ0) is 20.3. The monoisotopic (exact) mass is 415 g/mol. The SMILES string of the molecule is O=S(=O)(c1ccccc1)N1C[C@H](F)C[C@H]1c1nc(CCCc2ccccc2)no1. The van der Waals surface area contributed by atoms with E-state index in [1.807, 2.05) is 18.2 Å². The van der Waals surface area contributed by atoms with Crippen LogP contribution in [-0.4, -0.2) is 35.6 Å². The number of aryl methyl sites for hydroxylation is 2. The number of sulfonamides is 1. The summed E-state index contributed by atoms with van der Waals surface area (Å²) in [5, 5.41) is 3.98.